The number of hydrogen-bond donors (Lipinski definition) is 3. The molecule has 0 spiro atoms. The maximum absolute atomic E-state index is 14.6. The van der Waals surface area contributed by atoms with Gasteiger partial charge in [-0.25, -0.2) is 13.6 Å². The molecule has 4 N–H and O–H groups in total. The summed E-state index contributed by atoms with van der Waals surface area (Å²) >= 11 is 0. The molecule has 0 atom stereocenters. The van der Waals surface area contributed by atoms with Gasteiger partial charge in [0, 0.05) is 62.4 Å². The van der Waals surface area contributed by atoms with Crippen molar-refractivity contribution in [3.8, 4) is 0 Å². The highest BCUT2D eigenvalue weighted by Gasteiger charge is 2.15. The van der Waals surface area contributed by atoms with E-state index in [4.69, 9.17) is 5.73 Å². The van der Waals surface area contributed by atoms with Gasteiger partial charge in [0.1, 0.15) is 11.6 Å². The summed E-state index contributed by atoms with van der Waals surface area (Å²) in [6, 6.07) is 17.8. The monoisotopic (exact) mass is 614 g/mol. The average Bonchev–Trinajstić information content (AvgIpc) is 3.50. The largest absolute Gasteiger partial charge is 0.369 e. The summed E-state index contributed by atoms with van der Waals surface area (Å²) in [5.74, 6) is -0.363. The number of anilines is 3. The van der Waals surface area contributed by atoms with E-state index in [1.807, 2.05) is 48.5 Å². The van der Waals surface area contributed by atoms with Crippen molar-refractivity contribution in [3.05, 3.63) is 95.8 Å². The van der Waals surface area contributed by atoms with Gasteiger partial charge in [0.2, 0.25) is 0 Å². The SMILES string of the molecule is NCc1ccc(N2CCCCCC2)c(F)c1.O=C(NCc1ccc(N2CCCCCC2)c(F)c1)Nc1cccc2cnccc12. The number of pyridine rings is 1. The Balaban J connectivity index is 0.000000211. The molecule has 45 heavy (non-hydrogen) atoms. The fourth-order valence-electron chi connectivity index (χ4n) is 6.05. The standard InChI is InChI=1S/C23H25FN4O.C13H19FN2/c24-20-14-17(8-9-22(20)28-12-3-1-2-4-13-28)15-26-23(29)27-21-7-5-6-18-16-25-11-10-19(18)21;14-12-9-11(10-15)5-6-13(12)16-7-3-1-2-4-8-16/h5-11,14,16H,1-4,12-13,15H2,(H2,26,27,29);5-6,9H,1-4,7-8,10,15H2. The van der Waals surface area contributed by atoms with Crippen LogP contribution in [0.1, 0.15) is 62.5 Å². The Labute approximate surface area is 264 Å². The zero-order valence-electron chi connectivity index (χ0n) is 25.9. The number of amides is 2. The van der Waals surface area contributed by atoms with E-state index in [1.165, 1.54) is 31.7 Å². The molecule has 2 aliphatic heterocycles. The molecule has 6 rings (SSSR count). The van der Waals surface area contributed by atoms with Crippen LogP contribution in [-0.2, 0) is 13.1 Å². The summed E-state index contributed by atoms with van der Waals surface area (Å²) in [7, 11) is 0. The summed E-state index contributed by atoms with van der Waals surface area (Å²) in [6.07, 6.45) is 12.9. The van der Waals surface area contributed by atoms with Crippen molar-refractivity contribution in [1.29, 1.82) is 0 Å². The minimum atomic E-state index is -0.327. The molecule has 2 amide bonds. The van der Waals surface area contributed by atoms with E-state index in [2.05, 4.69) is 25.4 Å². The van der Waals surface area contributed by atoms with Gasteiger partial charge in [0.25, 0.3) is 0 Å². The van der Waals surface area contributed by atoms with Gasteiger partial charge in [0.05, 0.1) is 17.1 Å². The molecule has 3 aromatic carbocycles. The van der Waals surface area contributed by atoms with E-state index in [-0.39, 0.29) is 24.2 Å². The second kappa shape index (κ2) is 16.2. The molecule has 3 heterocycles. The molecule has 2 fully saturated rings. The molecule has 0 aliphatic carbocycles. The molecule has 7 nitrogen and oxygen atoms in total. The lowest BCUT2D eigenvalue weighted by Gasteiger charge is -2.23. The van der Waals surface area contributed by atoms with Crippen LogP contribution in [0.5, 0.6) is 0 Å². The summed E-state index contributed by atoms with van der Waals surface area (Å²) in [6.45, 7) is 4.40. The molecule has 0 unspecified atom stereocenters. The van der Waals surface area contributed by atoms with Crippen LogP contribution in [0.15, 0.2) is 73.1 Å². The van der Waals surface area contributed by atoms with Crippen LogP contribution in [0.2, 0.25) is 0 Å². The number of carbonyl (C=O) groups is 1. The van der Waals surface area contributed by atoms with Crippen LogP contribution in [-0.4, -0.2) is 37.2 Å². The topological polar surface area (TPSA) is 86.5 Å². The number of nitrogens with zero attached hydrogens (tertiary/aromatic N) is 3. The second-order valence-electron chi connectivity index (χ2n) is 11.8. The number of hydrogen-bond acceptors (Lipinski definition) is 5. The summed E-state index contributed by atoms with van der Waals surface area (Å²) in [5, 5.41) is 7.54. The van der Waals surface area contributed by atoms with Crippen molar-refractivity contribution in [2.24, 2.45) is 5.73 Å². The average molecular weight is 615 g/mol. The van der Waals surface area contributed by atoms with Gasteiger partial charge in [-0.1, -0.05) is 49.9 Å². The van der Waals surface area contributed by atoms with Gasteiger partial charge in [-0.2, -0.15) is 0 Å². The number of carbonyl (C=O) groups excluding carboxylic acids is 1. The van der Waals surface area contributed by atoms with Crippen molar-refractivity contribution >= 4 is 33.9 Å². The zero-order chi connectivity index (χ0) is 31.4. The first-order valence-electron chi connectivity index (χ1n) is 16.2. The van der Waals surface area contributed by atoms with E-state index < -0.39 is 0 Å². The molecular weight excluding hydrogens is 570 g/mol. The maximum Gasteiger partial charge on any atom is 0.319 e. The van der Waals surface area contributed by atoms with Gasteiger partial charge in [-0.15, -0.1) is 0 Å². The number of aromatic nitrogens is 1. The summed E-state index contributed by atoms with van der Waals surface area (Å²) in [5.41, 5.74) is 9.19. The third kappa shape index (κ3) is 8.91. The summed E-state index contributed by atoms with van der Waals surface area (Å²) < 4.78 is 28.5. The minimum absolute atomic E-state index is 0.134. The predicted molar refractivity (Wildman–Crippen MR) is 180 cm³/mol. The molecule has 0 saturated carbocycles. The number of nitrogens with two attached hydrogens (primary N) is 1. The van der Waals surface area contributed by atoms with E-state index in [0.29, 0.717) is 17.9 Å². The van der Waals surface area contributed by atoms with Crippen LogP contribution >= 0.6 is 0 Å². The molecule has 0 radical (unpaired) electrons. The molecule has 4 aromatic rings. The quantitative estimate of drug-likeness (QED) is 0.207. The van der Waals surface area contributed by atoms with Crippen LogP contribution in [0.3, 0.4) is 0 Å². The molecule has 2 saturated heterocycles. The number of halogens is 2. The number of fused-ring (bicyclic) bond motifs is 1. The normalized spacial score (nSPS) is 15.4. The predicted octanol–water partition coefficient (Wildman–Crippen LogP) is 7.74. The molecular formula is C36H44F2N6O. The Bertz CT molecular complexity index is 1540. The van der Waals surface area contributed by atoms with Crippen molar-refractivity contribution < 1.29 is 13.6 Å². The Morgan fingerprint density at radius 1 is 0.756 bits per heavy atom. The third-order valence-electron chi connectivity index (χ3n) is 8.54. The lowest BCUT2D eigenvalue weighted by atomic mass is 10.1. The first-order chi connectivity index (χ1) is 22.0. The van der Waals surface area contributed by atoms with Crippen LogP contribution in [0.4, 0.5) is 30.6 Å². The smallest absolute Gasteiger partial charge is 0.319 e. The Morgan fingerprint density at radius 3 is 1.91 bits per heavy atom. The van der Waals surface area contributed by atoms with Crippen molar-refractivity contribution in [3.63, 3.8) is 0 Å². The van der Waals surface area contributed by atoms with Gasteiger partial charge >= 0.3 is 6.03 Å². The first-order valence-corrected chi connectivity index (χ1v) is 16.2. The Kier molecular flexibility index (Phi) is 11.6. The zero-order valence-corrected chi connectivity index (χ0v) is 25.9. The molecule has 1 aromatic heterocycles. The lowest BCUT2D eigenvalue weighted by molar-refractivity contribution is 0.251. The molecule has 9 heteroatoms. The van der Waals surface area contributed by atoms with Gasteiger partial charge < -0.3 is 26.2 Å². The van der Waals surface area contributed by atoms with Gasteiger partial charge in [0.15, 0.2) is 0 Å². The van der Waals surface area contributed by atoms with Crippen LogP contribution < -0.4 is 26.2 Å². The van der Waals surface area contributed by atoms with Gasteiger partial charge in [-0.3, -0.25) is 4.98 Å². The minimum Gasteiger partial charge on any atom is -0.369 e. The van der Waals surface area contributed by atoms with Gasteiger partial charge in [-0.05, 0) is 73.2 Å². The number of rotatable bonds is 6. The summed E-state index contributed by atoms with van der Waals surface area (Å²) in [4.78, 5) is 20.7. The fourth-order valence-corrected chi connectivity index (χ4v) is 6.05. The lowest BCUT2D eigenvalue weighted by Crippen LogP contribution is -2.28. The van der Waals surface area contributed by atoms with Crippen molar-refractivity contribution in [2.45, 2.75) is 64.5 Å². The van der Waals surface area contributed by atoms with E-state index in [1.54, 1.807) is 18.5 Å². The second-order valence-corrected chi connectivity index (χ2v) is 11.8. The molecule has 238 valence electrons. The highest BCUT2D eigenvalue weighted by Crippen LogP contribution is 2.26. The Hall–Kier alpha value is -4.24. The van der Waals surface area contributed by atoms with E-state index in [9.17, 15) is 13.6 Å². The highest BCUT2D eigenvalue weighted by atomic mass is 19.1. The number of nitrogens with one attached hydrogen (secondary N) is 2. The first kappa shape index (κ1) is 32.2. The van der Waals surface area contributed by atoms with Crippen LogP contribution in [0, 0.1) is 11.6 Å². The molecule has 0 bridgehead atoms. The fraction of sp³-hybridized carbons (Fsp3) is 0.389. The highest BCUT2D eigenvalue weighted by molar-refractivity contribution is 6.01. The maximum atomic E-state index is 14.6. The van der Waals surface area contributed by atoms with Crippen molar-refractivity contribution in [2.75, 3.05) is 41.3 Å². The Morgan fingerprint density at radius 2 is 1.33 bits per heavy atom. The number of benzene rings is 3. The molecule has 2 aliphatic rings. The number of urea groups is 1. The third-order valence-corrected chi connectivity index (χ3v) is 8.54. The van der Waals surface area contributed by atoms with Crippen molar-refractivity contribution in [1.82, 2.24) is 10.3 Å². The van der Waals surface area contributed by atoms with Crippen LogP contribution in [0.25, 0.3) is 10.8 Å². The van der Waals surface area contributed by atoms with E-state index in [0.717, 1.165) is 79.4 Å². The van der Waals surface area contributed by atoms with E-state index >= 15 is 0 Å².